The first kappa shape index (κ1) is 16.6. The number of ether oxygens (including phenoxy) is 2. The van der Waals surface area contributed by atoms with Crippen LogP contribution in [0.4, 0.5) is 0 Å². The molecule has 0 aromatic heterocycles. The lowest BCUT2D eigenvalue weighted by molar-refractivity contribution is -0.136. The number of nitriles is 1. The first-order chi connectivity index (χ1) is 11.7. The van der Waals surface area contributed by atoms with Gasteiger partial charge in [-0.2, -0.15) is 5.26 Å². The summed E-state index contributed by atoms with van der Waals surface area (Å²) in [6.07, 6.45) is 3.70. The van der Waals surface area contributed by atoms with Crippen molar-refractivity contribution in [3.05, 3.63) is 23.8 Å². The van der Waals surface area contributed by atoms with Crippen molar-refractivity contribution in [3.8, 4) is 17.6 Å². The summed E-state index contributed by atoms with van der Waals surface area (Å²) in [6.45, 7) is 3.67. The van der Waals surface area contributed by atoms with Gasteiger partial charge in [0.15, 0.2) is 18.1 Å². The third-order valence-corrected chi connectivity index (χ3v) is 4.83. The van der Waals surface area contributed by atoms with E-state index in [0.717, 1.165) is 26.2 Å². The zero-order valence-corrected chi connectivity index (χ0v) is 14.0. The van der Waals surface area contributed by atoms with Crippen LogP contribution in [0.2, 0.25) is 0 Å². The maximum Gasteiger partial charge on any atom is 0.260 e. The molecule has 0 saturated carbocycles. The number of rotatable bonds is 4. The van der Waals surface area contributed by atoms with E-state index in [9.17, 15) is 4.79 Å². The molecule has 1 atom stereocenters. The predicted molar refractivity (Wildman–Crippen MR) is 89.0 cm³/mol. The van der Waals surface area contributed by atoms with Crippen LogP contribution in [0, 0.1) is 11.3 Å². The number of hydrogen-bond acceptors (Lipinski definition) is 5. The van der Waals surface area contributed by atoms with Crippen LogP contribution in [0.3, 0.4) is 0 Å². The Bertz CT molecular complexity index is 641. The third-order valence-electron chi connectivity index (χ3n) is 4.83. The number of amides is 1. The molecule has 0 spiro atoms. The van der Waals surface area contributed by atoms with Gasteiger partial charge in [0.2, 0.25) is 0 Å². The maximum absolute atomic E-state index is 12.5. The van der Waals surface area contributed by atoms with Crippen LogP contribution in [0.25, 0.3) is 0 Å². The average molecular weight is 329 g/mol. The van der Waals surface area contributed by atoms with Gasteiger partial charge in [-0.05, 0) is 31.5 Å². The molecule has 128 valence electrons. The zero-order valence-electron chi connectivity index (χ0n) is 14.0. The van der Waals surface area contributed by atoms with Crippen molar-refractivity contribution in [2.45, 2.75) is 25.3 Å². The summed E-state index contributed by atoms with van der Waals surface area (Å²) < 4.78 is 10.9. The molecule has 6 nitrogen and oxygen atoms in total. The van der Waals surface area contributed by atoms with Crippen LogP contribution in [0.15, 0.2) is 18.2 Å². The number of fused-ring (bicyclic) bond motifs is 1. The van der Waals surface area contributed by atoms with Crippen molar-refractivity contribution in [1.82, 2.24) is 9.80 Å². The molecule has 1 aromatic carbocycles. The fourth-order valence-electron chi connectivity index (χ4n) is 3.47. The number of piperidine rings is 1. The second-order valence-electron chi connectivity index (χ2n) is 6.29. The number of nitrogens with zero attached hydrogens (tertiary/aromatic N) is 3. The second kappa shape index (κ2) is 7.54. The van der Waals surface area contributed by atoms with Crippen molar-refractivity contribution in [1.29, 1.82) is 5.26 Å². The highest BCUT2D eigenvalue weighted by Gasteiger charge is 2.31. The molecule has 2 fully saturated rings. The molecule has 24 heavy (non-hydrogen) atoms. The van der Waals surface area contributed by atoms with Gasteiger partial charge in [0.1, 0.15) is 0 Å². The Morgan fingerprint density at radius 2 is 2.17 bits per heavy atom. The summed E-state index contributed by atoms with van der Waals surface area (Å²) in [4.78, 5) is 16.9. The molecule has 0 radical (unpaired) electrons. The summed E-state index contributed by atoms with van der Waals surface area (Å²) in [5, 5.41) is 8.92. The summed E-state index contributed by atoms with van der Waals surface area (Å²) in [6, 6.07) is 7.50. The fourth-order valence-corrected chi connectivity index (χ4v) is 3.47. The van der Waals surface area contributed by atoms with Gasteiger partial charge in [0.05, 0.1) is 18.7 Å². The minimum Gasteiger partial charge on any atom is -0.493 e. The van der Waals surface area contributed by atoms with Crippen molar-refractivity contribution in [2.24, 2.45) is 0 Å². The van der Waals surface area contributed by atoms with Gasteiger partial charge in [0, 0.05) is 31.7 Å². The molecule has 1 amide bonds. The lowest BCUT2D eigenvalue weighted by Crippen LogP contribution is -2.56. The van der Waals surface area contributed by atoms with Gasteiger partial charge in [-0.1, -0.05) is 6.42 Å². The molecule has 3 rings (SSSR count). The minimum atomic E-state index is -0.00498. The highest BCUT2D eigenvalue weighted by Crippen LogP contribution is 2.28. The van der Waals surface area contributed by atoms with Crippen LogP contribution in [0.1, 0.15) is 24.8 Å². The molecule has 2 saturated heterocycles. The Kier molecular flexibility index (Phi) is 5.21. The van der Waals surface area contributed by atoms with Crippen LogP contribution in [-0.2, 0) is 4.79 Å². The molecular formula is C18H23N3O3. The van der Waals surface area contributed by atoms with Crippen LogP contribution >= 0.6 is 0 Å². The standard InChI is InChI=1S/C18H23N3O3/c1-23-17-10-14(11-19)5-6-16(17)24-13-18(22)21-9-8-20-7-3-2-4-15(20)12-21/h5-6,10,15H,2-4,7-9,12-13H2,1H3. The quantitative estimate of drug-likeness (QED) is 0.840. The van der Waals surface area contributed by atoms with Crippen molar-refractivity contribution >= 4 is 5.91 Å². The number of methoxy groups -OCH3 is 1. The highest BCUT2D eigenvalue weighted by molar-refractivity contribution is 5.78. The SMILES string of the molecule is COc1cc(C#N)ccc1OCC(=O)N1CCN2CCCCC2C1. The molecule has 1 unspecified atom stereocenters. The van der Waals surface area contributed by atoms with Gasteiger partial charge in [0.25, 0.3) is 5.91 Å². The molecule has 0 aliphatic carbocycles. The number of piperazine rings is 1. The van der Waals surface area contributed by atoms with E-state index in [1.54, 1.807) is 18.2 Å². The molecule has 0 N–H and O–H groups in total. The smallest absolute Gasteiger partial charge is 0.260 e. The van der Waals surface area contributed by atoms with Crippen molar-refractivity contribution in [2.75, 3.05) is 39.9 Å². The topological polar surface area (TPSA) is 65.8 Å². The van der Waals surface area contributed by atoms with E-state index >= 15 is 0 Å². The van der Waals surface area contributed by atoms with Gasteiger partial charge < -0.3 is 14.4 Å². The number of carbonyl (C=O) groups excluding carboxylic acids is 1. The zero-order chi connectivity index (χ0) is 16.9. The Labute approximate surface area is 142 Å². The molecule has 2 aliphatic rings. The average Bonchev–Trinajstić information content (AvgIpc) is 2.65. The monoisotopic (exact) mass is 329 g/mol. The predicted octanol–water partition coefficient (Wildman–Crippen LogP) is 1.64. The van der Waals surface area contributed by atoms with E-state index in [4.69, 9.17) is 14.7 Å². The van der Waals surface area contributed by atoms with Gasteiger partial charge in [-0.3, -0.25) is 9.69 Å². The van der Waals surface area contributed by atoms with E-state index in [2.05, 4.69) is 11.0 Å². The van der Waals surface area contributed by atoms with E-state index < -0.39 is 0 Å². The van der Waals surface area contributed by atoms with Crippen molar-refractivity contribution in [3.63, 3.8) is 0 Å². The summed E-state index contributed by atoms with van der Waals surface area (Å²) in [5.41, 5.74) is 0.499. The molecule has 2 aliphatic heterocycles. The van der Waals surface area contributed by atoms with E-state index in [-0.39, 0.29) is 12.5 Å². The van der Waals surface area contributed by atoms with Crippen LogP contribution < -0.4 is 9.47 Å². The number of benzene rings is 1. The highest BCUT2D eigenvalue weighted by atomic mass is 16.5. The van der Waals surface area contributed by atoms with E-state index in [1.807, 2.05) is 4.90 Å². The third kappa shape index (κ3) is 3.62. The van der Waals surface area contributed by atoms with Crippen LogP contribution in [-0.4, -0.2) is 61.6 Å². The van der Waals surface area contributed by atoms with Crippen LogP contribution in [0.5, 0.6) is 11.5 Å². The van der Waals surface area contributed by atoms with Gasteiger partial charge >= 0.3 is 0 Å². The molecule has 0 bridgehead atoms. The molecule has 1 aromatic rings. The molecule has 2 heterocycles. The lowest BCUT2D eigenvalue weighted by atomic mass is 9.99. The number of carbonyl (C=O) groups is 1. The summed E-state index contributed by atoms with van der Waals surface area (Å²) in [5.74, 6) is 0.965. The first-order valence-corrected chi connectivity index (χ1v) is 8.44. The normalized spacial score (nSPS) is 20.8. The summed E-state index contributed by atoms with van der Waals surface area (Å²) >= 11 is 0. The Hall–Kier alpha value is -2.26. The Morgan fingerprint density at radius 1 is 1.29 bits per heavy atom. The first-order valence-electron chi connectivity index (χ1n) is 8.44. The minimum absolute atomic E-state index is 0.00498. The lowest BCUT2D eigenvalue weighted by Gasteiger charge is -2.43. The Balaban J connectivity index is 1.57. The van der Waals surface area contributed by atoms with E-state index in [1.165, 1.54) is 26.4 Å². The Morgan fingerprint density at radius 3 is 2.96 bits per heavy atom. The van der Waals surface area contributed by atoms with Gasteiger partial charge in [-0.25, -0.2) is 0 Å². The van der Waals surface area contributed by atoms with Crippen molar-refractivity contribution < 1.29 is 14.3 Å². The van der Waals surface area contributed by atoms with Gasteiger partial charge in [-0.15, -0.1) is 0 Å². The second-order valence-corrected chi connectivity index (χ2v) is 6.29. The molecule has 6 heteroatoms. The fraction of sp³-hybridized carbons (Fsp3) is 0.556. The maximum atomic E-state index is 12.5. The molecular weight excluding hydrogens is 306 g/mol. The number of hydrogen-bond donors (Lipinski definition) is 0. The largest absolute Gasteiger partial charge is 0.493 e. The van der Waals surface area contributed by atoms with E-state index in [0.29, 0.717) is 23.1 Å². The summed E-state index contributed by atoms with van der Waals surface area (Å²) in [7, 11) is 1.52.